The first-order valence-electron chi connectivity index (χ1n) is 7.92. The van der Waals surface area contributed by atoms with Gasteiger partial charge in [0.15, 0.2) is 0 Å². The van der Waals surface area contributed by atoms with Crippen LogP contribution in [0.15, 0.2) is 18.2 Å². The highest BCUT2D eigenvalue weighted by Gasteiger charge is 2.29. The van der Waals surface area contributed by atoms with Crippen LogP contribution in [0.5, 0.6) is 0 Å². The van der Waals surface area contributed by atoms with Gasteiger partial charge in [0.25, 0.3) is 0 Å². The number of aryl methyl sites for hydroxylation is 2. The number of likely N-dealkylation sites (tertiary alicyclic amines) is 1. The summed E-state index contributed by atoms with van der Waals surface area (Å²) < 4.78 is 0. The summed E-state index contributed by atoms with van der Waals surface area (Å²) in [5, 5.41) is 3.87. The zero-order valence-electron chi connectivity index (χ0n) is 13.9. The average molecular weight is 274 g/mol. The number of hydrogen-bond donors (Lipinski definition) is 1. The van der Waals surface area contributed by atoms with E-state index in [2.05, 4.69) is 70.1 Å². The van der Waals surface area contributed by atoms with Gasteiger partial charge < -0.3 is 10.2 Å². The van der Waals surface area contributed by atoms with Crippen LogP contribution in [-0.4, -0.2) is 30.6 Å². The van der Waals surface area contributed by atoms with Crippen LogP contribution in [0.2, 0.25) is 0 Å². The van der Waals surface area contributed by atoms with Gasteiger partial charge in [0.2, 0.25) is 0 Å². The fourth-order valence-electron chi connectivity index (χ4n) is 3.50. The number of benzene rings is 1. The molecule has 0 radical (unpaired) electrons. The lowest BCUT2D eigenvalue weighted by atomic mass is 9.88. The summed E-state index contributed by atoms with van der Waals surface area (Å²) in [6.45, 7) is 12.6. The van der Waals surface area contributed by atoms with Gasteiger partial charge in [0.1, 0.15) is 0 Å². The Bertz CT molecular complexity index is 455. The number of nitrogens with one attached hydrogen (secondary N) is 1. The fraction of sp³-hybridized carbons (Fsp3) is 0.667. The molecule has 1 aromatic rings. The van der Waals surface area contributed by atoms with E-state index in [1.54, 1.807) is 0 Å². The Morgan fingerprint density at radius 1 is 1.25 bits per heavy atom. The molecule has 1 N–H and O–H groups in total. The van der Waals surface area contributed by atoms with Gasteiger partial charge in [0, 0.05) is 24.7 Å². The molecule has 0 aromatic heterocycles. The summed E-state index contributed by atoms with van der Waals surface area (Å²) in [6.07, 6.45) is 1.24. The SMILES string of the molecule is Cc1ccc(C(C)NC2CC(C)N(C)CC2C)c(C)c1. The summed E-state index contributed by atoms with van der Waals surface area (Å²) in [5.41, 5.74) is 4.19. The fourth-order valence-corrected chi connectivity index (χ4v) is 3.50. The van der Waals surface area contributed by atoms with Crippen LogP contribution in [-0.2, 0) is 0 Å². The maximum absolute atomic E-state index is 3.87. The van der Waals surface area contributed by atoms with E-state index >= 15 is 0 Å². The molecule has 0 bridgehead atoms. The molecule has 1 saturated heterocycles. The summed E-state index contributed by atoms with van der Waals surface area (Å²) in [5.74, 6) is 0.712. The number of hydrogen-bond acceptors (Lipinski definition) is 2. The minimum atomic E-state index is 0.429. The van der Waals surface area contributed by atoms with Gasteiger partial charge in [-0.2, -0.15) is 0 Å². The summed E-state index contributed by atoms with van der Waals surface area (Å²) in [6, 6.07) is 8.52. The predicted octanol–water partition coefficient (Wildman–Crippen LogP) is 3.68. The smallest absolute Gasteiger partial charge is 0.0297 e. The molecule has 2 rings (SSSR count). The van der Waals surface area contributed by atoms with Crippen LogP contribution in [0.25, 0.3) is 0 Å². The van der Waals surface area contributed by atoms with Crippen LogP contribution >= 0.6 is 0 Å². The van der Waals surface area contributed by atoms with Crippen LogP contribution in [0, 0.1) is 19.8 Å². The second-order valence-corrected chi connectivity index (χ2v) is 6.86. The first-order chi connectivity index (χ1) is 9.38. The van der Waals surface area contributed by atoms with E-state index in [1.807, 2.05) is 0 Å². The van der Waals surface area contributed by atoms with Crippen molar-refractivity contribution in [2.24, 2.45) is 5.92 Å². The molecule has 0 saturated carbocycles. The molecule has 4 unspecified atom stereocenters. The molecule has 1 aliphatic rings. The molecule has 0 aliphatic carbocycles. The van der Waals surface area contributed by atoms with Gasteiger partial charge in [-0.15, -0.1) is 0 Å². The van der Waals surface area contributed by atoms with Gasteiger partial charge in [-0.05, 0) is 58.2 Å². The van der Waals surface area contributed by atoms with Crippen molar-refractivity contribution < 1.29 is 0 Å². The van der Waals surface area contributed by atoms with E-state index in [1.165, 1.54) is 29.7 Å². The van der Waals surface area contributed by atoms with Crippen molar-refractivity contribution in [3.63, 3.8) is 0 Å². The van der Waals surface area contributed by atoms with Crippen molar-refractivity contribution in [1.29, 1.82) is 0 Å². The molecule has 20 heavy (non-hydrogen) atoms. The molecular weight excluding hydrogens is 244 g/mol. The van der Waals surface area contributed by atoms with Gasteiger partial charge in [-0.3, -0.25) is 0 Å². The summed E-state index contributed by atoms with van der Waals surface area (Å²) in [4.78, 5) is 2.48. The zero-order valence-corrected chi connectivity index (χ0v) is 13.9. The largest absolute Gasteiger partial charge is 0.307 e. The highest BCUT2D eigenvalue weighted by molar-refractivity contribution is 5.32. The minimum absolute atomic E-state index is 0.429. The normalized spacial score (nSPS) is 29.4. The Labute approximate surface area is 124 Å². The van der Waals surface area contributed by atoms with E-state index < -0.39 is 0 Å². The van der Waals surface area contributed by atoms with Gasteiger partial charge in [-0.1, -0.05) is 30.7 Å². The maximum Gasteiger partial charge on any atom is 0.0297 e. The first-order valence-corrected chi connectivity index (χ1v) is 7.92. The van der Waals surface area contributed by atoms with Gasteiger partial charge >= 0.3 is 0 Å². The monoisotopic (exact) mass is 274 g/mol. The van der Waals surface area contributed by atoms with E-state index in [0.717, 1.165) is 0 Å². The van der Waals surface area contributed by atoms with Crippen molar-refractivity contribution in [1.82, 2.24) is 10.2 Å². The third kappa shape index (κ3) is 3.42. The highest BCUT2D eigenvalue weighted by Crippen LogP contribution is 2.25. The molecule has 1 aliphatic heterocycles. The number of piperidine rings is 1. The molecular formula is C18H30N2. The Balaban J connectivity index is 2.05. The third-order valence-corrected chi connectivity index (χ3v) is 4.97. The highest BCUT2D eigenvalue weighted by atomic mass is 15.2. The molecule has 2 nitrogen and oxygen atoms in total. The first kappa shape index (κ1) is 15.5. The second kappa shape index (κ2) is 6.28. The number of nitrogens with zero attached hydrogens (tertiary/aromatic N) is 1. The van der Waals surface area contributed by atoms with Crippen LogP contribution in [0.3, 0.4) is 0 Å². The molecule has 4 atom stereocenters. The minimum Gasteiger partial charge on any atom is -0.307 e. The van der Waals surface area contributed by atoms with Crippen molar-refractivity contribution >= 4 is 0 Å². The topological polar surface area (TPSA) is 15.3 Å². The Morgan fingerprint density at radius 3 is 2.60 bits per heavy atom. The molecule has 1 fully saturated rings. The standard InChI is InChI=1S/C18H30N2/c1-12-7-8-17(13(2)9-12)16(5)19-18-10-15(4)20(6)11-14(18)3/h7-9,14-16,18-19H,10-11H2,1-6H3. The van der Waals surface area contributed by atoms with Crippen molar-refractivity contribution in [2.45, 2.75) is 59.2 Å². The lowest BCUT2D eigenvalue weighted by Gasteiger charge is -2.41. The van der Waals surface area contributed by atoms with Gasteiger partial charge in [-0.25, -0.2) is 0 Å². The van der Waals surface area contributed by atoms with E-state index in [4.69, 9.17) is 0 Å². The lowest BCUT2D eigenvalue weighted by Crippen LogP contribution is -2.51. The van der Waals surface area contributed by atoms with E-state index in [-0.39, 0.29) is 0 Å². The second-order valence-electron chi connectivity index (χ2n) is 6.86. The third-order valence-electron chi connectivity index (χ3n) is 4.97. The molecule has 0 spiro atoms. The Morgan fingerprint density at radius 2 is 1.95 bits per heavy atom. The van der Waals surface area contributed by atoms with Crippen LogP contribution in [0.1, 0.15) is 49.9 Å². The predicted molar refractivity (Wildman–Crippen MR) is 87.1 cm³/mol. The molecule has 0 amide bonds. The Hall–Kier alpha value is -0.860. The van der Waals surface area contributed by atoms with Crippen LogP contribution < -0.4 is 5.32 Å². The van der Waals surface area contributed by atoms with E-state index in [0.29, 0.717) is 24.0 Å². The van der Waals surface area contributed by atoms with Crippen molar-refractivity contribution in [3.8, 4) is 0 Å². The maximum atomic E-state index is 3.87. The molecule has 1 heterocycles. The van der Waals surface area contributed by atoms with Crippen molar-refractivity contribution in [3.05, 3.63) is 34.9 Å². The molecule has 112 valence electrons. The van der Waals surface area contributed by atoms with Gasteiger partial charge in [0.05, 0.1) is 0 Å². The number of rotatable bonds is 3. The quantitative estimate of drug-likeness (QED) is 0.904. The zero-order chi connectivity index (χ0) is 14.9. The van der Waals surface area contributed by atoms with E-state index in [9.17, 15) is 0 Å². The molecule has 1 aromatic carbocycles. The van der Waals surface area contributed by atoms with Crippen molar-refractivity contribution in [2.75, 3.05) is 13.6 Å². The lowest BCUT2D eigenvalue weighted by molar-refractivity contribution is 0.116. The van der Waals surface area contributed by atoms with Crippen LogP contribution in [0.4, 0.5) is 0 Å². The summed E-state index contributed by atoms with van der Waals surface area (Å²) >= 11 is 0. The summed E-state index contributed by atoms with van der Waals surface area (Å²) in [7, 11) is 2.24. The molecule has 2 heteroatoms. The Kier molecular flexibility index (Phi) is 4.87. The average Bonchev–Trinajstić information content (AvgIpc) is 2.35.